The zero-order valence-electron chi connectivity index (χ0n) is 18.3. The average molecular weight is 441 g/mol. The summed E-state index contributed by atoms with van der Waals surface area (Å²) >= 11 is 0. The van der Waals surface area contributed by atoms with Crippen LogP contribution in [0.25, 0.3) is 11.3 Å². The first kappa shape index (κ1) is 21.8. The van der Waals surface area contributed by atoms with Crippen LogP contribution in [-0.2, 0) is 6.54 Å². The number of carbonyl (C=O) groups is 1. The van der Waals surface area contributed by atoms with Crippen LogP contribution in [0, 0.1) is 0 Å². The molecule has 0 saturated heterocycles. The van der Waals surface area contributed by atoms with Gasteiger partial charge in [-0.1, -0.05) is 36.4 Å². The highest BCUT2D eigenvalue weighted by Crippen LogP contribution is 2.31. The van der Waals surface area contributed by atoms with Gasteiger partial charge in [-0.05, 0) is 42.0 Å². The van der Waals surface area contributed by atoms with E-state index in [1.807, 2.05) is 54.6 Å². The maximum atomic E-state index is 12.5. The minimum absolute atomic E-state index is 0.153. The molecule has 7 heteroatoms. The monoisotopic (exact) mass is 441 g/mol. The maximum Gasteiger partial charge on any atom is 0.251 e. The molecule has 33 heavy (non-hydrogen) atoms. The van der Waals surface area contributed by atoms with Crippen molar-refractivity contribution in [1.29, 1.82) is 0 Å². The molecule has 1 amide bonds. The van der Waals surface area contributed by atoms with Crippen molar-refractivity contribution in [3.8, 4) is 34.4 Å². The third-order valence-corrected chi connectivity index (χ3v) is 4.98. The molecule has 166 valence electrons. The molecule has 0 saturated carbocycles. The number of hydrogen-bond donors (Lipinski definition) is 1. The average Bonchev–Trinajstić information content (AvgIpc) is 2.88. The van der Waals surface area contributed by atoms with Gasteiger partial charge in [0.15, 0.2) is 11.5 Å². The van der Waals surface area contributed by atoms with E-state index in [0.29, 0.717) is 35.2 Å². The molecule has 0 radical (unpaired) electrons. The summed E-state index contributed by atoms with van der Waals surface area (Å²) in [6, 6.07) is 23.9. The van der Waals surface area contributed by atoms with Crippen LogP contribution < -0.4 is 19.5 Å². The fourth-order valence-electron chi connectivity index (χ4n) is 3.19. The van der Waals surface area contributed by atoms with Crippen LogP contribution in [0.1, 0.15) is 15.9 Å². The Morgan fingerprint density at radius 3 is 2.27 bits per heavy atom. The molecule has 0 bridgehead atoms. The molecule has 0 aliphatic rings. The zero-order valence-corrected chi connectivity index (χ0v) is 18.3. The fourth-order valence-corrected chi connectivity index (χ4v) is 3.19. The lowest BCUT2D eigenvalue weighted by Crippen LogP contribution is -2.22. The van der Waals surface area contributed by atoms with E-state index in [9.17, 15) is 4.79 Å². The van der Waals surface area contributed by atoms with Crippen molar-refractivity contribution in [3.05, 3.63) is 96.3 Å². The van der Waals surface area contributed by atoms with Gasteiger partial charge < -0.3 is 19.5 Å². The molecule has 4 rings (SSSR count). The number of para-hydroxylation sites is 2. The Morgan fingerprint density at radius 2 is 1.58 bits per heavy atom. The van der Waals surface area contributed by atoms with Gasteiger partial charge in [-0.15, -0.1) is 0 Å². The quantitative estimate of drug-likeness (QED) is 0.420. The van der Waals surface area contributed by atoms with Crippen molar-refractivity contribution in [2.75, 3.05) is 14.2 Å². The topological polar surface area (TPSA) is 82.6 Å². The van der Waals surface area contributed by atoms with E-state index < -0.39 is 0 Å². The Kier molecular flexibility index (Phi) is 6.80. The Balaban J connectivity index is 1.42. The van der Waals surface area contributed by atoms with E-state index in [4.69, 9.17) is 14.2 Å². The minimum atomic E-state index is -0.153. The smallest absolute Gasteiger partial charge is 0.251 e. The Morgan fingerprint density at radius 1 is 0.848 bits per heavy atom. The lowest BCUT2D eigenvalue weighted by atomic mass is 10.1. The van der Waals surface area contributed by atoms with E-state index in [1.54, 1.807) is 38.5 Å². The second-order valence-corrected chi connectivity index (χ2v) is 7.10. The van der Waals surface area contributed by atoms with Gasteiger partial charge in [0, 0.05) is 23.7 Å². The SMILES string of the molecule is COc1ccc(CNC(=O)c2ccc(-c3cc(Oc4ccccc4OC)ncn3)cc2)cc1. The van der Waals surface area contributed by atoms with Gasteiger partial charge in [-0.3, -0.25) is 4.79 Å². The summed E-state index contributed by atoms with van der Waals surface area (Å²) in [4.78, 5) is 21.0. The van der Waals surface area contributed by atoms with Gasteiger partial charge in [0.05, 0.1) is 19.9 Å². The predicted octanol–water partition coefficient (Wildman–Crippen LogP) is 4.88. The van der Waals surface area contributed by atoms with Crippen LogP contribution in [-0.4, -0.2) is 30.1 Å². The summed E-state index contributed by atoms with van der Waals surface area (Å²) in [5.74, 6) is 2.20. The molecule has 3 aromatic carbocycles. The number of benzene rings is 3. The molecule has 7 nitrogen and oxygen atoms in total. The molecule has 4 aromatic rings. The van der Waals surface area contributed by atoms with Crippen molar-refractivity contribution in [2.24, 2.45) is 0 Å². The summed E-state index contributed by atoms with van der Waals surface area (Å²) in [5, 5.41) is 2.92. The number of hydrogen-bond acceptors (Lipinski definition) is 6. The number of amides is 1. The first-order valence-electron chi connectivity index (χ1n) is 10.3. The second kappa shape index (κ2) is 10.3. The highest BCUT2D eigenvalue weighted by molar-refractivity contribution is 5.94. The number of nitrogens with zero attached hydrogens (tertiary/aromatic N) is 2. The van der Waals surface area contributed by atoms with Crippen LogP contribution >= 0.6 is 0 Å². The third kappa shape index (κ3) is 5.46. The van der Waals surface area contributed by atoms with E-state index >= 15 is 0 Å². The number of aromatic nitrogens is 2. The molecule has 1 N–H and O–H groups in total. The number of ether oxygens (including phenoxy) is 3. The number of carbonyl (C=O) groups excluding carboxylic acids is 1. The van der Waals surface area contributed by atoms with Crippen LogP contribution in [0.4, 0.5) is 0 Å². The Labute approximate surface area is 192 Å². The first-order valence-corrected chi connectivity index (χ1v) is 10.3. The van der Waals surface area contributed by atoms with Gasteiger partial charge >= 0.3 is 0 Å². The first-order chi connectivity index (χ1) is 16.2. The zero-order chi connectivity index (χ0) is 23.0. The lowest BCUT2D eigenvalue weighted by Gasteiger charge is -2.10. The van der Waals surface area contributed by atoms with E-state index in [-0.39, 0.29) is 5.91 Å². The van der Waals surface area contributed by atoms with Crippen molar-refractivity contribution in [3.63, 3.8) is 0 Å². The van der Waals surface area contributed by atoms with Crippen LogP contribution in [0.2, 0.25) is 0 Å². The molecule has 0 atom stereocenters. The maximum absolute atomic E-state index is 12.5. The fraction of sp³-hybridized carbons (Fsp3) is 0.115. The van der Waals surface area contributed by atoms with Gasteiger partial charge in [-0.25, -0.2) is 9.97 Å². The molecule has 1 heterocycles. The molecular weight excluding hydrogens is 418 g/mol. The van der Waals surface area contributed by atoms with Gasteiger partial charge in [-0.2, -0.15) is 0 Å². The summed E-state index contributed by atoms with van der Waals surface area (Å²) in [6.07, 6.45) is 1.44. The summed E-state index contributed by atoms with van der Waals surface area (Å²) in [7, 11) is 3.21. The molecule has 0 unspecified atom stereocenters. The molecule has 0 aliphatic carbocycles. The predicted molar refractivity (Wildman–Crippen MR) is 125 cm³/mol. The van der Waals surface area contributed by atoms with Gasteiger partial charge in [0.2, 0.25) is 5.88 Å². The summed E-state index contributed by atoms with van der Waals surface area (Å²) < 4.78 is 16.3. The molecule has 0 fully saturated rings. The lowest BCUT2D eigenvalue weighted by molar-refractivity contribution is 0.0951. The normalized spacial score (nSPS) is 10.4. The Bertz CT molecular complexity index is 1230. The molecule has 0 spiro atoms. The van der Waals surface area contributed by atoms with Crippen LogP contribution in [0.15, 0.2) is 85.2 Å². The molecule has 1 aromatic heterocycles. The van der Waals surface area contributed by atoms with Gasteiger partial charge in [0.1, 0.15) is 12.1 Å². The molecular formula is C26H23N3O4. The van der Waals surface area contributed by atoms with Crippen LogP contribution in [0.3, 0.4) is 0 Å². The Hall–Kier alpha value is -4.39. The number of nitrogens with one attached hydrogen (secondary N) is 1. The standard InChI is InChI=1S/C26H23N3O4/c1-31-21-13-7-18(8-14-21)16-27-26(30)20-11-9-19(10-12-20)22-15-25(29-17-28-22)33-24-6-4-3-5-23(24)32-2/h3-15,17H,16H2,1-2H3,(H,27,30). The van der Waals surface area contributed by atoms with Crippen LogP contribution in [0.5, 0.6) is 23.1 Å². The number of methoxy groups -OCH3 is 2. The minimum Gasteiger partial charge on any atom is -0.497 e. The van der Waals surface area contributed by atoms with Gasteiger partial charge in [0.25, 0.3) is 5.91 Å². The second-order valence-electron chi connectivity index (χ2n) is 7.10. The summed E-state index contributed by atoms with van der Waals surface area (Å²) in [6.45, 7) is 0.431. The highest BCUT2D eigenvalue weighted by atomic mass is 16.5. The van der Waals surface area contributed by atoms with Crippen molar-refractivity contribution < 1.29 is 19.0 Å². The summed E-state index contributed by atoms with van der Waals surface area (Å²) in [5.41, 5.74) is 3.07. The van der Waals surface area contributed by atoms with Crippen molar-refractivity contribution in [2.45, 2.75) is 6.54 Å². The molecule has 0 aliphatic heterocycles. The van der Waals surface area contributed by atoms with E-state index in [2.05, 4.69) is 15.3 Å². The number of rotatable bonds is 8. The third-order valence-electron chi connectivity index (χ3n) is 4.98. The van der Waals surface area contributed by atoms with Crippen molar-refractivity contribution >= 4 is 5.91 Å². The highest BCUT2D eigenvalue weighted by Gasteiger charge is 2.10. The van der Waals surface area contributed by atoms with E-state index in [1.165, 1.54) is 6.33 Å². The van der Waals surface area contributed by atoms with Crippen molar-refractivity contribution in [1.82, 2.24) is 15.3 Å². The largest absolute Gasteiger partial charge is 0.497 e. The van der Waals surface area contributed by atoms with E-state index in [0.717, 1.165) is 16.9 Å².